The Bertz CT molecular complexity index is 568. The second-order valence-electron chi connectivity index (χ2n) is 5.50. The van der Waals surface area contributed by atoms with Gasteiger partial charge in [-0.05, 0) is 37.8 Å². The normalized spacial score (nSPS) is 17.0. The highest BCUT2D eigenvalue weighted by Crippen LogP contribution is 2.30. The number of carbonyl (C=O) groups excluding carboxylic acids is 1. The second-order valence-corrected chi connectivity index (χ2v) is 5.50. The van der Waals surface area contributed by atoms with Crippen molar-refractivity contribution < 1.29 is 23.4 Å². The van der Waals surface area contributed by atoms with Crippen molar-refractivity contribution in [2.24, 2.45) is 0 Å². The van der Waals surface area contributed by atoms with Gasteiger partial charge in [-0.1, -0.05) is 18.2 Å². The summed E-state index contributed by atoms with van der Waals surface area (Å²) in [6, 6.07) is 6.30. The molecule has 0 heterocycles. The maximum absolute atomic E-state index is 12.4. The van der Waals surface area contributed by atoms with E-state index in [1.54, 1.807) is 25.1 Å². The first-order valence-electron chi connectivity index (χ1n) is 7.12. The van der Waals surface area contributed by atoms with Crippen LogP contribution in [0.5, 0.6) is 5.75 Å². The number of alkyl halides is 2. The van der Waals surface area contributed by atoms with Crippen molar-refractivity contribution in [3.8, 4) is 5.75 Å². The van der Waals surface area contributed by atoms with E-state index in [4.69, 9.17) is 0 Å². The highest BCUT2D eigenvalue weighted by molar-refractivity contribution is 5.95. The average Bonchev–Trinajstić information content (AvgIpc) is 2.43. The number of rotatable bonds is 6. The van der Waals surface area contributed by atoms with Crippen LogP contribution in [0.1, 0.15) is 31.7 Å². The van der Waals surface area contributed by atoms with Crippen LogP contribution < -0.4 is 10.1 Å². The lowest BCUT2D eigenvalue weighted by Gasteiger charge is -2.36. The lowest BCUT2D eigenvalue weighted by molar-refractivity contribution is -0.118. The van der Waals surface area contributed by atoms with Crippen molar-refractivity contribution in [1.82, 2.24) is 5.32 Å². The molecule has 1 aliphatic rings. The quantitative estimate of drug-likeness (QED) is 0.794. The predicted molar refractivity (Wildman–Crippen MR) is 78.5 cm³/mol. The number of para-hydroxylation sites is 1. The van der Waals surface area contributed by atoms with Gasteiger partial charge in [-0.3, -0.25) is 4.79 Å². The number of allylic oxidation sites excluding steroid dienone is 1. The Balaban J connectivity index is 2.03. The first kappa shape index (κ1) is 16.4. The van der Waals surface area contributed by atoms with Gasteiger partial charge < -0.3 is 15.2 Å². The number of ether oxygens (including phenoxy) is 1. The molecule has 4 nitrogen and oxygen atoms in total. The summed E-state index contributed by atoms with van der Waals surface area (Å²) in [5.41, 5.74) is 0.142. The lowest BCUT2D eigenvalue weighted by atomic mass is 9.80. The minimum absolute atomic E-state index is 0.0247. The van der Waals surface area contributed by atoms with E-state index >= 15 is 0 Å². The van der Waals surface area contributed by atoms with Crippen LogP contribution in [0.4, 0.5) is 8.78 Å². The fourth-order valence-corrected chi connectivity index (χ4v) is 2.33. The summed E-state index contributed by atoms with van der Waals surface area (Å²) in [4.78, 5) is 11.9. The molecule has 2 rings (SSSR count). The molecule has 120 valence electrons. The molecule has 1 aromatic carbocycles. The molecule has 1 aromatic rings. The Kier molecular flexibility index (Phi) is 5.13. The van der Waals surface area contributed by atoms with E-state index in [0.717, 1.165) is 6.42 Å². The van der Waals surface area contributed by atoms with Gasteiger partial charge in [0.1, 0.15) is 5.75 Å². The maximum Gasteiger partial charge on any atom is 0.387 e. The van der Waals surface area contributed by atoms with Gasteiger partial charge in [-0.25, -0.2) is 0 Å². The molecule has 1 amide bonds. The molecule has 0 aliphatic heterocycles. The van der Waals surface area contributed by atoms with E-state index in [1.165, 1.54) is 12.1 Å². The molecule has 0 spiro atoms. The first-order chi connectivity index (χ1) is 10.4. The molecule has 0 saturated heterocycles. The second kappa shape index (κ2) is 6.87. The number of benzene rings is 1. The van der Waals surface area contributed by atoms with Crippen LogP contribution >= 0.6 is 0 Å². The summed E-state index contributed by atoms with van der Waals surface area (Å²) in [5, 5.41) is 12.5. The summed E-state index contributed by atoms with van der Waals surface area (Å²) in [5.74, 6) is -0.346. The zero-order valence-corrected chi connectivity index (χ0v) is 12.3. The predicted octanol–water partition coefficient (Wildman–Crippen LogP) is 2.72. The smallest absolute Gasteiger partial charge is 0.387 e. The number of hydrogen-bond donors (Lipinski definition) is 2. The van der Waals surface area contributed by atoms with Crippen molar-refractivity contribution in [2.75, 3.05) is 6.54 Å². The van der Waals surface area contributed by atoms with Gasteiger partial charge in [-0.2, -0.15) is 8.78 Å². The number of nitrogens with one attached hydrogen (secondary N) is 1. The standard InChI is InChI=1S/C16H19F2NO3/c1-11(9-14(20)19-10-16(21)7-4-8-16)12-5-2-3-6-13(12)22-15(17)18/h2-3,5-6,9,15,21H,4,7-8,10H2,1H3,(H,19,20). The maximum atomic E-state index is 12.4. The van der Waals surface area contributed by atoms with Gasteiger partial charge in [0.2, 0.25) is 5.91 Å². The third-order valence-electron chi connectivity index (χ3n) is 3.75. The monoisotopic (exact) mass is 311 g/mol. The van der Waals surface area contributed by atoms with E-state index in [9.17, 15) is 18.7 Å². The molecular formula is C16H19F2NO3. The summed E-state index contributed by atoms with van der Waals surface area (Å²) < 4.78 is 29.2. The van der Waals surface area contributed by atoms with Gasteiger partial charge in [0.15, 0.2) is 0 Å². The fourth-order valence-electron chi connectivity index (χ4n) is 2.33. The number of amides is 1. The van der Waals surface area contributed by atoms with Gasteiger partial charge in [-0.15, -0.1) is 0 Å². The Morgan fingerprint density at radius 1 is 1.45 bits per heavy atom. The largest absolute Gasteiger partial charge is 0.434 e. The van der Waals surface area contributed by atoms with Crippen LogP contribution in [0, 0.1) is 0 Å². The van der Waals surface area contributed by atoms with Crippen molar-refractivity contribution in [2.45, 2.75) is 38.4 Å². The lowest BCUT2D eigenvalue weighted by Crippen LogP contribution is -2.47. The molecule has 0 atom stereocenters. The summed E-state index contributed by atoms with van der Waals surface area (Å²) in [6.45, 7) is -1.08. The highest BCUT2D eigenvalue weighted by Gasteiger charge is 2.34. The SMILES string of the molecule is CC(=CC(=O)NCC1(O)CCC1)c1ccccc1OC(F)F. The molecule has 6 heteroatoms. The van der Waals surface area contributed by atoms with Crippen LogP contribution in [0.15, 0.2) is 30.3 Å². The molecule has 0 unspecified atom stereocenters. The summed E-state index contributed by atoms with van der Waals surface area (Å²) >= 11 is 0. The topological polar surface area (TPSA) is 58.6 Å². The molecule has 0 bridgehead atoms. The minimum Gasteiger partial charge on any atom is -0.434 e. The van der Waals surface area contributed by atoms with Crippen LogP contribution in [0.25, 0.3) is 5.57 Å². The van der Waals surface area contributed by atoms with Crippen LogP contribution in [0.2, 0.25) is 0 Å². The summed E-state index contributed by atoms with van der Waals surface area (Å²) in [6.07, 6.45) is 3.64. The van der Waals surface area contributed by atoms with Gasteiger partial charge in [0.25, 0.3) is 0 Å². The van der Waals surface area contributed by atoms with E-state index in [1.807, 2.05) is 0 Å². The number of hydrogen-bond acceptors (Lipinski definition) is 3. The zero-order valence-electron chi connectivity index (χ0n) is 12.3. The van der Waals surface area contributed by atoms with E-state index in [2.05, 4.69) is 10.1 Å². The van der Waals surface area contributed by atoms with Crippen LogP contribution in [-0.2, 0) is 4.79 Å². The number of halogens is 2. The van der Waals surface area contributed by atoms with Crippen molar-refractivity contribution in [1.29, 1.82) is 0 Å². The fraction of sp³-hybridized carbons (Fsp3) is 0.438. The first-order valence-corrected chi connectivity index (χ1v) is 7.12. The third-order valence-corrected chi connectivity index (χ3v) is 3.75. The molecule has 0 aromatic heterocycles. The Hall–Kier alpha value is -1.95. The van der Waals surface area contributed by atoms with Crippen molar-refractivity contribution in [3.63, 3.8) is 0 Å². The number of aliphatic hydroxyl groups is 1. The Morgan fingerprint density at radius 3 is 2.73 bits per heavy atom. The third kappa shape index (κ3) is 4.27. The highest BCUT2D eigenvalue weighted by atomic mass is 19.3. The Labute approximate surface area is 127 Å². The van der Waals surface area contributed by atoms with Gasteiger partial charge in [0, 0.05) is 18.2 Å². The molecule has 1 aliphatic carbocycles. The van der Waals surface area contributed by atoms with Crippen LogP contribution in [-0.4, -0.2) is 29.8 Å². The zero-order chi connectivity index (χ0) is 16.2. The molecule has 22 heavy (non-hydrogen) atoms. The van der Waals surface area contributed by atoms with E-state index in [0.29, 0.717) is 24.0 Å². The Morgan fingerprint density at radius 2 is 2.14 bits per heavy atom. The minimum atomic E-state index is -2.92. The average molecular weight is 311 g/mol. The molecule has 1 fully saturated rings. The van der Waals surface area contributed by atoms with Gasteiger partial charge >= 0.3 is 6.61 Å². The van der Waals surface area contributed by atoms with E-state index < -0.39 is 12.2 Å². The molecule has 2 N–H and O–H groups in total. The molecule has 0 radical (unpaired) electrons. The number of carbonyl (C=O) groups is 1. The van der Waals surface area contributed by atoms with Crippen LogP contribution in [0.3, 0.4) is 0 Å². The van der Waals surface area contributed by atoms with E-state index in [-0.39, 0.29) is 18.2 Å². The van der Waals surface area contributed by atoms with Gasteiger partial charge in [0.05, 0.1) is 5.60 Å². The van der Waals surface area contributed by atoms with Crippen molar-refractivity contribution >= 4 is 11.5 Å². The molecular weight excluding hydrogens is 292 g/mol. The summed E-state index contributed by atoms with van der Waals surface area (Å²) in [7, 11) is 0. The molecule has 1 saturated carbocycles. The van der Waals surface area contributed by atoms with Crippen molar-refractivity contribution in [3.05, 3.63) is 35.9 Å².